The van der Waals surface area contributed by atoms with Crippen molar-refractivity contribution >= 4 is 23.2 Å². The summed E-state index contributed by atoms with van der Waals surface area (Å²) in [6.45, 7) is 5.29. The second-order valence-corrected chi connectivity index (χ2v) is 8.55. The van der Waals surface area contributed by atoms with Crippen LogP contribution >= 0.6 is 11.3 Å². The highest BCUT2D eigenvalue weighted by atomic mass is 32.1. The number of benzene rings is 1. The number of rotatable bonds is 7. The van der Waals surface area contributed by atoms with Crippen LogP contribution in [-0.4, -0.2) is 36.9 Å². The van der Waals surface area contributed by atoms with Crippen LogP contribution in [0.25, 0.3) is 11.1 Å². The molecule has 2 aromatic rings. The van der Waals surface area contributed by atoms with Gasteiger partial charge >= 0.3 is 0 Å². The van der Waals surface area contributed by atoms with Crippen molar-refractivity contribution in [3.05, 3.63) is 46.7 Å². The molecule has 1 aromatic heterocycles. The maximum absolute atomic E-state index is 12.8. The molecule has 1 aliphatic heterocycles. The minimum atomic E-state index is -0.541. The zero-order valence-corrected chi connectivity index (χ0v) is 17.8. The number of amides is 2. The summed E-state index contributed by atoms with van der Waals surface area (Å²) >= 11 is 1.69. The van der Waals surface area contributed by atoms with E-state index in [1.165, 1.54) is 11.1 Å². The molecule has 2 heterocycles. The molecule has 1 saturated heterocycles. The lowest BCUT2D eigenvalue weighted by atomic mass is 9.79. The highest BCUT2D eigenvalue weighted by molar-refractivity contribution is 7.08. The van der Waals surface area contributed by atoms with Gasteiger partial charge in [-0.15, -0.1) is 0 Å². The molecule has 1 aromatic carbocycles. The number of carbonyl (C=O) groups is 2. The van der Waals surface area contributed by atoms with Crippen molar-refractivity contribution in [3.8, 4) is 11.1 Å². The quantitative estimate of drug-likeness (QED) is 0.753. The zero-order chi connectivity index (χ0) is 20.1. The molecule has 4 nitrogen and oxygen atoms in total. The first-order valence-corrected chi connectivity index (χ1v) is 11.1. The van der Waals surface area contributed by atoms with E-state index in [2.05, 4.69) is 60.3 Å². The standard InChI is InChI=1S/C23H30N2O2S/c1-4-18(5-2)21(26)25-12-11-23(16-25,22(27)24-3)14-17-6-8-19(9-7-17)20-10-13-28-15-20/h6-10,13,15,18H,4-5,11-12,14,16H2,1-3H3,(H,24,27)/t23-/m0/s1. The van der Waals surface area contributed by atoms with Gasteiger partial charge in [-0.1, -0.05) is 38.1 Å². The molecular weight excluding hydrogens is 368 g/mol. The zero-order valence-electron chi connectivity index (χ0n) is 17.0. The van der Waals surface area contributed by atoms with Crippen LogP contribution in [0.3, 0.4) is 0 Å². The van der Waals surface area contributed by atoms with E-state index in [0.29, 0.717) is 25.9 Å². The molecule has 3 rings (SSSR count). The number of carbonyl (C=O) groups excluding carboxylic acids is 2. The van der Waals surface area contributed by atoms with Crippen LogP contribution in [0.4, 0.5) is 0 Å². The highest BCUT2D eigenvalue weighted by Crippen LogP contribution is 2.36. The lowest BCUT2D eigenvalue weighted by Crippen LogP contribution is -2.44. The van der Waals surface area contributed by atoms with Crippen LogP contribution < -0.4 is 5.32 Å². The topological polar surface area (TPSA) is 49.4 Å². The summed E-state index contributed by atoms with van der Waals surface area (Å²) in [5.74, 6) is 0.295. The van der Waals surface area contributed by atoms with Crippen molar-refractivity contribution in [2.75, 3.05) is 20.1 Å². The molecule has 0 unspecified atom stereocenters. The normalized spacial score (nSPS) is 19.2. The van der Waals surface area contributed by atoms with Gasteiger partial charge in [0.1, 0.15) is 0 Å². The third kappa shape index (κ3) is 4.14. The molecule has 0 saturated carbocycles. The van der Waals surface area contributed by atoms with Gasteiger partial charge < -0.3 is 10.2 Å². The third-order valence-corrected chi connectivity index (χ3v) is 6.74. The minimum absolute atomic E-state index is 0.0364. The number of hydrogen-bond donors (Lipinski definition) is 1. The Morgan fingerprint density at radius 1 is 1.14 bits per heavy atom. The summed E-state index contributed by atoms with van der Waals surface area (Å²) in [5.41, 5.74) is 3.01. The molecule has 0 bridgehead atoms. The molecule has 1 atom stereocenters. The summed E-state index contributed by atoms with van der Waals surface area (Å²) in [5, 5.41) is 7.06. The van der Waals surface area contributed by atoms with E-state index < -0.39 is 5.41 Å². The van der Waals surface area contributed by atoms with Gasteiger partial charge in [-0.05, 0) is 59.2 Å². The molecule has 0 radical (unpaired) electrons. The van der Waals surface area contributed by atoms with Gasteiger partial charge in [0.05, 0.1) is 5.41 Å². The van der Waals surface area contributed by atoms with Crippen LogP contribution in [0.1, 0.15) is 38.7 Å². The second-order valence-electron chi connectivity index (χ2n) is 7.77. The van der Waals surface area contributed by atoms with Crippen LogP contribution in [0.2, 0.25) is 0 Å². The Balaban J connectivity index is 1.78. The van der Waals surface area contributed by atoms with Crippen LogP contribution in [-0.2, 0) is 16.0 Å². The highest BCUT2D eigenvalue weighted by Gasteiger charge is 2.46. The fourth-order valence-electron chi connectivity index (χ4n) is 4.27. The smallest absolute Gasteiger partial charge is 0.228 e. The molecule has 0 aliphatic carbocycles. The number of likely N-dealkylation sites (tertiary alicyclic amines) is 1. The molecule has 1 N–H and O–H groups in total. The number of hydrogen-bond acceptors (Lipinski definition) is 3. The van der Waals surface area contributed by atoms with Gasteiger partial charge in [-0.2, -0.15) is 11.3 Å². The van der Waals surface area contributed by atoms with Gasteiger partial charge in [0.15, 0.2) is 0 Å². The number of nitrogens with zero attached hydrogens (tertiary/aromatic N) is 1. The molecule has 1 fully saturated rings. The monoisotopic (exact) mass is 398 g/mol. The van der Waals surface area contributed by atoms with Crippen molar-refractivity contribution in [3.63, 3.8) is 0 Å². The van der Waals surface area contributed by atoms with Crippen molar-refractivity contribution in [2.24, 2.45) is 11.3 Å². The first-order valence-electron chi connectivity index (χ1n) is 10.2. The predicted molar refractivity (Wildman–Crippen MR) is 115 cm³/mol. The van der Waals surface area contributed by atoms with E-state index in [1.807, 2.05) is 4.90 Å². The van der Waals surface area contributed by atoms with E-state index in [4.69, 9.17) is 0 Å². The summed E-state index contributed by atoms with van der Waals surface area (Å²) < 4.78 is 0. The Morgan fingerprint density at radius 3 is 2.43 bits per heavy atom. The molecule has 2 amide bonds. The lowest BCUT2D eigenvalue weighted by Gasteiger charge is -2.29. The largest absolute Gasteiger partial charge is 0.359 e. The third-order valence-electron chi connectivity index (χ3n) is 6.06. The Bertz CT molecular complexity index is 797. The van der Waals surface area contributed by atoms with Gasteiger partial charge in [0.2, 0.25) is 11.8 Å². The SMILES string of the molecule is CCC(CC)C(=O)N1CC[C@@](Cc2ccc(-c3ccsc3)cc2)(C(=O)NC)C1. The van der Waals surface area contributed by atoms with Crippen molar-refractivity contribution in [2.45, 2.75) is 39.5 Å². The van der Waals surface area contributed by atoms with Crippen molar-refractivity contribution in [1.82, 2.24) is 10.2 Å². The van der Waals surface area contributed by atoms with Crippen LogP contribution in [0, 0.1) is 11.3 Å². The molecule has 0 spiro atoms. The van der Waals surface area contributed by atoms with Crippen LogP contribution in [0.15, 0.2) is 41.1 Å². The molecular formula is C23H30N2O2S. The van der Waals surface area contributed by atoms with E-state index in [9.17, 15) is 9.59 Å². The van der Waals surface area contributed by atoms with Crippen molar-refractivity contribution in [1.29, 1.82) is 0 Å². The summed E-state index contributed by atoms with van der Waals surface area (Å²) in [6.07, 6.45) is 3.07. The Hall–Kier alpha value is -2.14. The summed E-state index contributed by atoms with van der Waals surface area (Å²) in [7, 11) is 1.69. The maximum Gasteiger partial charge on any atom is 0.228 e. The van der Waals surface area contributed by atoms with E-state index >= 15 is 0 Å². The lowest BCUT2D eigenvalue weighted by molar-refractivity contribution is -0.136. The van der Waals surface area contributed by atoms with E-state index in [0.717, 1.165) is 18.4 Å². The minimum Gasteiger partial charge on any atom is -0.359 e. The van der Waals surface area contributed by atoms with Crippen molar-refractivity contribution < 1.29 is 9.59 Å². The summed E-state index contributed by atoms with van der Waals surface area (Å²) in [4.78, 5) is 27.6. The second kappa shape index (κ2) is 8.91. The van der Waals surface area contributed by atoms with Gasteiger partial charge in [-0.25, -0.2) is 0 Å². The van der Waals surface area contributed by atoms with Gasteiger partial charge in [-0.3, -0.25) is 9.59 Å². The number of nitrogens with one attached hydrogen (secondary N) is 1. The predicted octanol–water partition coefficient (Wildman–Crippen LogP) is 4.36. The first-order chi connectivity index (χ1) is 13.5. The van der Waals surface area contributed by atoms with Gasteiger partial charge in [0, 0.05) is 26.1 Å². The molecule has 5 heteroatoms. The van der Waals surface area contributed by atoms with Gasteiger partial charge in [0.25, 0.3) is 0 Å². The summed E-state index contributed by atoms with van der Waals surface area (Å²) in [6, 6.07) is 10.6. The fourth-order valence-corrected chi connectivity index (χ4v) is 4.93. The fraction of sp³-hybridized carbons (Fsp3) is 0.478. The first kappa shape index (κ1) is 20.6. The van der Waals surface area contributed by atoms with E-state index in [1.54, 1.807) is 18.4 Å². The van der Waals surface area contributed by atoms with Crippen LogP contribution in [0.5, 0.6) is 0 Å². The molecule has 1 aliphatic rings. The maximum atomic E-state index is 12.8. The van der Waals surface area contributed by atoms with E-state index in [-0.39, 0.29) is 17.7 Å². The Morgan fingerprint density at radius 2 is 1.86 bits per heavy atom. The Labute approximate surface area is 172 Å². The average molecular weight is 399 g/mol. The number of thiophene rings is 1. The average Bonchev–Trinajstić information content (AvgIpc) is 3.40. The Kier molecular flexibility index (Phi) is 6.55. The molecule has 28 heavy (non-hydrogen) atoms. The molecule has 150 valence electrons.